The zero-order chi connectivity index (χ0) is 18.7. The predicted molar refractivity (Wildman–Crippen MR) is 102 cm³/mol. The number of anilines is 1. The van der Waals surface area contributed by atoms with Gasteiger partial charge in [0.2, 0.25) is 0 Å². The number of carbonyl (C=O) groups is 1. The Kier molecular flexibility index (Phi) is 5.48. The number of methoxy groups -OCH3 is 2. The van der Waals surface area contributed by atoms with Gasteiger partial charge in [0.15, 0.2) is 11.5 Å². The van der Waals surface area contributed by atoms with Crippen molar-refractivity contribution in [1.29, 1.82) is 5.26 Å². The monoisotopic (exact) mass is 370 g/mol. The van der Waals surface area contributed by atoms with Crippen LogP contribution in [0.15, 0.2) is 18.2 Å². The van der Waals surface area contributed by atoms with Gasteiger partial charge in [0, 0.05) is 10.4 Å². The third kappa shape index (κ3) is 3.40. The van der Waals surface area contributed by atoms with E-state index in [1.807, 2.05) is 0 Å². The second kappa shape index (κ2) is 7.79. The lowest BCUT2D eigenvalue weighted by molar-refractivity contribution is 0.102. The van der Waals surface area contributed by atoms with Gasteiger partial charge in [-0.3, -0.25) is 4.79 Å². The lowest BCUT2D eigenvalue weighted by Gasteiger charge is -2.20. The van der Waals surface area contributed by atoms with Crippen molar-refractivity contribution >= 4 is 22.2 Å². The zero-order valence-corrected chi connectivity index (χ0v) is 16.0. The van der Waals surface area contributed by atoms with Crippen LogP contribution in [-0.2, 0) is 12.8 Å². The van der Waals surface area contributed by atoms with E-state index in [4.69, 9.17) is 9.47 Å². The third-order valence-electron chi connectivity index (χ3n) is 4.93. The number of ether oxygens (including phenoxy) is 2. The summed E-state index contributed by atoms with van der Waals surface area (Å²) in [6.45, 7) is 2.20. The quantitative estimate of drug-likeness (QED) is 0.846. The van der Waals surface area contributed by atoms with Crippen molar-refractivity contribution in [1.82, 2.24) is 0 Å². The molecule has 26 heavy (non-hydrogen) atoms. The van der Waals surface area contributed by atoms with Gasteiger partial charge in [0.1, 0.15) is 11.1 Å². The molecule has 0 saturated heterocycles. The van der Waals surface area contributed by atoms with Crippen LogP contribution < -0.4 is 14.8 Å². The summed E-state index contributed by atoms with van der Waals surface area (Å²) in [4.78, 5) is 13.9. The molecule has 1 aromatic heterocycles. The van der Waals surface area contributed by atoms with Crippen LogP contribution in [0, 0.1) is 17.2 Å². The molecule has 1 N–H and O–H groups in total. The number of nitriles is 1. The molecule has 6 heteroatoms. The van der Waals surface area contributed by atoms with Gasteiger partial charge in [-0.25, -0.2) is 0 Å². The average molecular weight is 370 g/mol. The fourth-order valence-electron chi connectivity index (χ4n) is 3.36. The van der Waals surface area contributed by atoms with E-state index in [1.165, 1.54) is 23.3 Å². The summed E-state index contributed by atoms with van der Waals surface area (Å²) < 4.78 is 10.5. The van der Waals surface area contributed by atoms with Gasteiger partial charge in [0.25, 0.3) is 5.91 Å². The molecule has 1 aliphatic rings. The van der Waals surface area contributed by atoms with Crippen molar-refractivity contribution < 1.29 is 14.3 Å². The van der Waals surface area contributed by atoms with Crippen LogP contribution in [0.3, 0.4) is 0 Å². The average Bonchev–Trinajstić information content (AvgIpc) is 3.02. The molecule has 2 aromatic rings. The van der Waals surface area contributed by atoms with Crippen molar-refractivity contribution in [2.24, 2.45) is 5.92 Å². The fraction of sp³-hybridized carbons (Fsp3) is 0.400. The van der Waals surface area contributed by atoms with E-state index in [9.17, 15) is 10.1 Å². The highest BCUT2D eigenvalue weighted by Crippen LogP contribution is 2.40. The number of rotatable bonds is 5. The molecule has 136 valence electrons. The Bertz CT molecular complexity index is 867. The summed E-state index contributed by atoms with van der Waals surface area (Å²) in [6.07, 6.45) is 4.17. The number of hydrogen-bond acceptors (Lipinski definition) is 5. The molecule has 1 atom stereocenters. The first kappa shape index (κ1) is 18.3. The van der Waals surface area contributed by atoms with Gasteiger partial charge in [-0.05, 0) is 48.9 Å². The number of thiophene rings is 1. The Labute approximate surface area is 157 Å². The van der Waals surface area contributed by atoms with Crippen molar-refractivity contribution in [3.05, 3.63) is 39.8 Å². The van der Waals surface area contributed by atoms with E-state index in [0.29, 0.717) is 33.5 Å². The molecule has 1 aromatic carbocycles. The minimum absolute atomic E-state index is 0.256. The first-order valence-electron chi connectivity index (χ1n) is 8.69. The second-order valence-corrected chi connectivity index (χ2v) is 7.47. The SMILES string of the molecule is CC[C@@H]1CCc2c(sc(NC(=O)c3ccc(OC)c(OC)c3)c2C#N)C1. The Hall–Kier alpha value is -2.52. The van der Waals surface area contributed by atoms with E-state index in [2.05, 4.69) is 18.3 Å². The van der Waals surface area contributed by atoms with Crippen LogP contribution in [0.4, 0.5) is 5.00 Å². The van der Waals surface area contributed by atoms with Crippen LogP contribution in [0.2, 0.25) is 0 Å². The van der Waals surface area contributed by atoms with Crippen molar-refractivity contribution in [2.45, 2.75) is 32.6 Å². The van der Waals surface area contributed by atoms with Crippen molar-refractivity contribution in [2.75, 3.05) is 19.5 Å². The van der Waals surface area contributed by atoms with Gasteiger partial charge in [0.05, 0.1) is 19.8 Å². The molecule has 3 rings (SSSR count). The Morgan fingerprint density at radius 2 is 2.12 bits per heavy atom. The topological polar surface area (TPSA) is 71.3 Å². The lowest BCUT2D eigenvalue weighted by atomic mass is 9.86. The summed E-state index contributed by atoms with van der Waals surface area (Å²) in [7, 11) is 3.08. The number of hydrogen-bond donors (Lipinski definition) is 1. The van der Waals surface area contributed by atoms with E-state index < -0.39 is 0 Å². The number of amides is 1. The van der Waals surface area contributed by atoms with E-state index in [-0.39, 0.29) is 5.91 Å². The summed E-state index contributed by atoms with van der Waals surface area (Å²) in [5.41, 5.74) is 2.20. The van der Waals surface area contributed by atoms with E-state index in [1.54, 1.807) is 25.3 Å². The van der Waals surface area contributed by atoms with Gasteiger partial charge in [-0.1, -0.05) is 13.3 Å². The third-order valence-corrected chi connectivity index (χ3v) is 6.10. The summed E-state index contributed by atoms with van der Waals surface area (Å²) in [6, 6.07) is 7.31. The van der Waals surface area contributed by atoms with E-state index in [0.717, 1.165) is 31.2 Å². The Balaban J connectivity index is 1.86. The van der Waals surface area contributed by atoms with Crippen molar-refractivity contribution in [3.63, 3.8) is 0 Å². The highest BCUT2D eigenvalue weighted by molar-refractivity contribution is 7.16. The smallest absolute Gasteiger partial charge is 0.256 e. The largest absolute Gasteiger partial charge is 0.493 e. The summed E-state index contributed by atoms with van der Waals surface area (Å²) in [5.74, 6) is 1.48. The summed E-state index contributed by atoms with van der Waals surface area (Å²) in [5, 5.41) is 13.2. The van der Waals surface area contributed by atoms with Gasteiger partial charge >= 0.3 is 0 Å². The molecule has 1 aliphatic carbocycles. The number of nitrogens with zero attached hydrogens (tertiary/aromatic N) is 1. The molecule has 0 radical (unpaired) electrons. The molecule has 1 heterocycles. The standard InChI is InChI=1S/C20H22N2O3S/c1-4-12-5-7-14-15(11-21)20(26-18(14)9-12)22-19(23)13-6-8-16(24-2)17(10-13)25-3/h6,8,10,12H,4-5,7,9H2,1-3H3,(H,22,23)/t12-/m1/s1. The molecule has 0 spiro atoms. The zero-order valence-electron chi connectivity index (χ0n) is 15.2. The maximum Gasteiger partial charge on any atom is 0.256 e. The van der Waals surface area contributed by atoms with Gasteiger partial charge < -0.3 is 14.8 Å². The van der Waals surface area contributed by atoms with Crippen LogP contribution in [0.25, 0.3) is 0 Å². The highest BCUT2D eigenvalue weighted by atomic mass is 32.1. The Morgan fingerprint density at radius 1 is 1.35 bits per heavy atom. The normalized spacial score (nSPS) is 15.7. The summed E-state index contributed by atoms with van der Waals surface area (Å²) >= 11 is 1.54. The van der Waals surface area contributed by atoms with Gasteiger partial charge in [-0.15, -0.1) is 11.3 Å². The maximum atomic E-state index is 12.7. The predicted octanol–water partition coefficient (Wildman–Crippen LogP) is 4.40. The van der Waals surface area contributed by atoms with Crippen LogP contribution in [-0.4, -0.2) is 20.1 Å². The number of carbonyl (C=O) groups excluding carboxylic acids is 1. The minimum Gasteiger partial charge on any atom is -0.493 e. The second-order valence-electron chi connectivity index (χ2n) is 6.36. The number of benzene rings is 1. The number of fused-ring (bicyclic) bond motifs is 1. The van der Waals surface area contributed by atoms with Gasteiger partial charge in [-0.2, -0.15) is 5.26 Å². The number of nitrogens with one attached hydrogen (secondary N) is 1. The first-order chi connectivity index (χ1) is 12.6. The first-order valence-corrected chi connectivity index (χ1v) is 9.50. The Morgan fingerprint density at radius 3 is 2.77 bits per heavy atom. The molecule has 0 bridgehead atoms. The molecule has 5 nitrogen and oxygen atoms in total. The molecular weight excluding hydrogens is 348 g/mol. The molecular formula is C20H22N2O3S. The molecule has 0 unspecified atom stereocenters. The molecule has 0 fully saturated rings. The highest BCUT2D eigenvalue weighted by Gasteiger charge is 2.26. The van der Waals surface area contributed by atoms with Crippen molar-refractivity contribution in [3.8, 4) is 17.6 Å². The van der Waals surface area contributed by atoms with E-state index >= 15 is 0 Å². The van der Waals surface area contributed by atoms with Crippen LogP contribution in [0.1, 0.15) is 46.1 Å². The maximum absolute atomic E-state index is 12.7. The van der Waals surface area contributed by atoms with Crippen LogP contribution in [0.5, 0.6) is 11.5 Å². The molecule has 0 aliphatic heterocycles. The lowest BCUT2D eigenvalue weighted by Crippen LogP contribution is -2.13. The minimum atomic E-state index is -0.256. The molecule has 0 saturated carbocycles. The van der Waals surface area contributed by atoms with Crippen LogP contribution >= 0.6 is 11.3 Å². The fourth-order valence-corrected chi connectivity index (χ4v) is 4.67. The molecule has 1 amide bonds.